The average Bonchev–Trinajstić information content (AvgIpc) is 1.65. The number of nitrogens with one attached hydrogen (secondary N) is 2. The number of amides is 2. The summed E-state index contributed by atoms with van der Waals surface area (Å²) in [6, 6.07) is -0.602. The SMILES string of the molecule is [CH]NC(=O)N[CH]. The quantitative estimate of drug-likeness (QED) is 0.386. The summed E-state index contributed by atoms with van der Waals surface area (Å²) in [6.07, 6.45) is 0. The lowest BCUT2D eigenvalue weighted by Crippen LogP contribution is -2.25. The Morgan fingerprint density at radius 1 is 1.33 bits per heavy atom. The maximum Gasteiger partial charge on any atom is 0.315 e. The molecule has 2 N–H and O–H groups in total. The Hall–Kier alpha value is -0.730. The molecule has 0 aromatic heterocycles. The van der Waals surface area contributed by atoms with Crippen LogP contribution in [0.1, 0.15) is 0 Å². The van der Waals surface area contributed by atoms with Gasteiger partial charge in [-0.3, -0.25) is 0 Å². The van der Waals surface area contributed by atoms with Crippen molar-refractivity contribution in [1.82, 2.24) is 10.6 Å². The summed E-state index contributed by atoms with van der Waals surface area (Å²) in [4.78, 5) is 9.71. The molecule has 3 nitrogen and oxygen atoms in total. The maximum atomic E-state index is 9.71. The standard InChI is InChI=1S/C3H4N2O/c1-4-3(6)5-2/h1-2H,(H2,4,5,6). The van der Waals surface area contributed by atoms with Crippen LogP contribution in [0, 0.1) is 14.1 Å². The molecule has 0 aromatic rings. The van der Waals surface area contributed by atoms with Crippen molar-refractivity contribution in [3.05, 3.63) is 14.1 Å². The summed E-state index contributed by atoms with van der Waals surface area (Å²) in [5.41, 5.74) is 0. The minimum atomic E-state index is -0.602. The predicted molar refractivity (Wildman–Crippen MR) is 20.3 cm³/mol. The van der Waals surface area contributed by atoms with Gasteiger partial charge in [0.1, 0.15) is 0 Å². The molecular weight excluding hydrogens is 80.0 g/mol. The minimum absolute atomic E-state index is 0.602. The van der Waals surface area contributed by atoms with Crippen molar-refractivity contribution in [2.45, 2.75) is 0 Å². The van der Waals surface area contributed by atoms with Crippen molar-refractivity contribution in [2.24, 2.45) is 0 Å². The van der Waals surface area contributed by atoms with Gasteiger partial charge < -0.3 is 10.6 Å². The van der Waals surface area contributed by atoms with Gasteiger partial charge >= 0.3 is 6.03 Å². The van der Waals surface area contributed by atoms with Gasteiger partial charge in [-0.25, -0.2) is 4.79 Å². The van der Waals surface area contributed by atoms with Crippen molar-refractivity contribution < 1.29 is 4.79 Å². The van der Waals surface area contributed by atoms with Gasteiger partial charge in [-0.1, -0.05) is 0 Å². The summed E-state index contributed by atoms with van der Waals surface area (Å²) in [5, 5.41) is 3.48. The second-order valence-corrected chi connectivity index (χ2v) is 0.618. The summed E-state index contributed by atoms with van der Waals surface area (Å²) in [5.74, 6) is 0. The summed E-state index contributed by atoms with van der Waals surface area (Å²) in [6.45, 7) is 0. The second kappa shape index (κ2) is 2.50. The van der Waals surface area contributed by atoms with Crippen molar-refractivity contribution in [3.63, 3.8) is 0 Å². The molecule has 0 bridgehead atoms. The van der Waals surface area contributed by atoms with E-state index in [4.69, 9.17) is 0 Å². The van der Waals surface area contributed by atoms with Gasteiger partial charge in [0.15, 0.2) is 0 Å². The fourth-order valence-electron chi connectivity index (χ4n) is 0.0417. The summed E-state index contributed by atoms with van der Waals surface area (Å²) >= 11 is 0. The predicted octanol–water partition coefficient (Wildman–Crippen LogP) is -0.377. The van der Waals surface area contributed by atoms with E-state index in [1.54, 1.807) is 10.6 Å². The van der Waals surface area contributed by atoms with E-state index in [9.17, 15) is 4.79 Å². The van der Waals surface area contributed by atoms with E-state index in [0.717, 1.165) is 0 Å². The highest BCUT2D eigenvalue weighted by atomic mass is 16.2. The molecule has 0 atom stereocenters. The molecule has 4 radical (unpaired) electrons. The van der Waals surface area contributed by atoms with Gasteiger partial charge in [0.25, 0.3) is 0 Å². The Morgan fingerprint density at radius 3 is 1.67 bits per heavy atom. The van der Waals surface area contributed by atoms with Gasteiger partial charge in [0.2, 0.25) is 0 Å². The topological polar surface area (TPSA) is 41.1 Å². The Kier molecular flexibility index (Phi) is 2.20. The number of urea groups is 1. The zero-order valence-corrected chi connectivity index (χ0v) is 3.06. The maximum absolute atomic E-state index is 9.71. The van der Waals surface area contributed by atoms with E-state index in [-0.39, 0.29) is 0 Å². The van der Waals surface area contributed by atoms with E-state index >= 15 is 0 Å². The molecule has 0 heterocycles. The van der Waals surface area contributed by atoms with Gasteiger partial charge in [0, 0.05) is 0 Å². The number of hydrogen-bond acceptors (Lipinski definition) is 1. The largest absolute Gasteiger partial charge is 0.331 e. The van der Waals surface area contributed by atoms with Crippen LogP contribution in [-0.2, 0) is 0 Å². The molecule has 0 fully saturated rings. The number of carbonyl (C=O) groups is 1. The van der Waals surface area contributed by atoms with Crippen LogP contribution in [0.25, 0.3) is 0 Å². The highest BCUT2D eigenvalue weighted by molar-refractivity contribution is 5.73. The monoisotopic (exact) mass is 84.0 g/mol. The molecule has 0 spiro atoms. The van der Waals surface area contributed by atoms with Crippen molar-refractivity contribution >= 4 is 6.03 Å². The van der Waals surface area contributed by atoms with Crippen LogP contribution in [0.5, 0.6) is 0 Å². The first kappa shape index (κ1) is 5.27. The average molecular weight is 84.1 g/mol. The molecule has 3 heteroatoms. The number of hydrogen-bond donors (Lipinski definition) is 2. The van der Waals surface area contributed by atoms with Gasteiger partial charge in [-0.15, -0.1) is 0 Å². The second-order valence-electron chi connectivity index (χ2n) is 0.618. The first-order chi connectivity index (χ1) is 2.81. The fourth-order valence-corrected chi connectivity index (χ4v) is 0.0417. The molecule has 0 aliphatic heterocycles. The van der Waals surface area contributed by atoms with Crippen LogP contribution in [-0.4, -0.2) is 6.03 Å². The fraction of sp³-hybridized carbons (Fsp3) is 0. The normalized spacial score (nSPS) is 7.00. The molecule has 0 aliphatic carbocycles. The molecule has 0 aromatic carbocycles. The Labute approximate surface area is 36.7 Å². The lowest BCUT2D eigenvalue weighted by atomic mass is 11.0. The molecular formula is C3H4N2O. The van der Waals surface area contributed by atoms with Crippen molar-refractivity contribution in [2.75, 3.05) is 0 Å². The van der Waals surface area contributed by atoms with Crippen LogP contribution in [0.2, 0.25) is 0 Å². The zero-order valence-electron chi connectivity index (χ0n) is 3.06. The summed E-state index contributed by atoms with van der Waals surface area (Å²) in [7, 11) is 9.08. The highest BCUT2D eigenvalue weighted by Gasteiger charge is 1.82. The van der Waals surface area contributed by atoms with Gasteiger partial charge in [-0.2, -0.15) is 0 Å². The first-order valence-electron chi connectivity index (χ1n) is 1.28. The molecule has 0 saturated heterocycles. The van der Waals surface area contributed by atoms with Crippen LogP contribution in [0.4, 0.5) is 4.79 Å². The van der Waals surface area contributed by atoms with E-state index in [1.165, 1.54) is 0 Å². The van der Waals surface area contributed by atoms with Gasteiger partial charge in [-0.05, 0) is 0 Å². The molecule has 0 aliphatic rings. The smallest absolute Gasteiger partial charge is 0.315 e. The number of rotatable bonds is 0. The lowest BCUT2D eigenvalue weighted by Gasteiger charge is -1.89. The van der Waals surface area contributed by atoms with E-state index in [0.29, 0.717) is 0 Å². The van der Waals surface area contributed by atoms with E-state index in [1.807, 2.05) is 0 Å². The number of carbonyl (C=O) groups excluding carboxylic acids is 1. The lowest BCUT2D eigenvalue weighted by molar-refractivity contribution is 0.247. The molecule has 2 amide bonds. The van der Waals surface area contributed by atoms with Gasteiger partial charge in [0.05, 0.1) is 14.1 Å². The van der Waals surface area contributed by atoms with Crippen LogP contribution >= 0.6 is 0 Å². The third-order valence-corrected chi connectivity index (χ3v) is 0.262. The Morgan fingerprint density at radius 2 is 1.67 bits per heavy atom. The van der Waals surface area contributed by atoms with E-state index < -0.39 is 6.03 Å². The Bertz CT molecular complexity index is 46.8. The third-order valence-electron chi connectivity index (χ3n) is 0.262. The summed E-state index contributed by atoms with van der Waals surface area (Å²) < 4.78 is 0. The zero-order chi connectivity index (χ0) is 4.99. The molecule has 0 saturated carbocycles. The molecule has 6 heavy (non-hydrogen) atoms. The van der Waals surface area contributed by atoms with Crippen LogP contribution < -0.4 is 10.6 Å². The minimum Gasteiger partial charge on any atom is -0.331 e. The molecule has 0 unspecified atom stereocenters. The van der Waals surface area contributed by atoms with Crippen molar-refractivity contribution in [1.29, 1.82) is 0 Å². The highest BCUT2D eigenvalue weighted by Crippen LogP contribution is 1.52. The van der Waals surface area contributed by atoms with Crippen LogP contribution in [0.15, 0.2) is 0 Å². The Balaban J connectivity index is 2.99. The van der Waals surface area contributed by atoms with E-state index in [2.05, 4.69) is 14.1 Å². The first-order valence-corrected chi connectivity index (χ1v) is 1.28. The third kappa shape index (κ3) is 1.58. The molecule has 32 valence electrons. The van der Waals surface area contributed by atoms with Crippen LogP contribution in [0.3, 0.4) is 0 Å². The van der Waals surface area contributed by atoms with Crippen molar-refractivity contribution in [3.8, 4) is 0 Å². The molecule has 0 rings (SSSR count).